The molecule has 1 atom stereocenters. The van der Waals surface area contributed by atoms with E-state index in [1.165, 1.54) is 0 Å². The van der Waals surface area contributed by atoms with Gasteiger partial charge in [0.15, 0.2) is 0 Å². The highest BCUT2D eigenvalue weighted by atomic mass is 32.2. The second-order valence-corrected chi connectivity index (χ2v) is 4.96. The molecule has 1 unspecified atom stereocenters. The van der Waals surface area contributed by atoms with Crippen molar-refractivity contribution in [2.75, 3.05) is 18.1 Å². The summed E-state index contributed by atoms with van der Waals surface area (Å²) in [6.45, 7) is 6.93. The lowest BCUT2D eigenvalue weighted by atomic mass is 9.98. The van der Waals surface area contributed by atoms with E-state index < -0.39 is 5.54 Å². The Balaban J connectivity index is 4.03. The van der Waals surface area contributed by atoms with Crippen molar-refractivity contribution in [3.05, 3.63) is 0 Å². The summed E-state index contributed by atoms with van der Waals surface area (Å²) in [5.74, 6) is 1.82. The van der Waals surface area contributed by atoms with Crippen molar-refractivity contribution in [3.8, 4) is 0 Å². The maximum atomic E-state index is 11.3. The van der Waals surface area contributed by atoms with Crippen molar-refractivity contribution < 1.29 is 4.79 Å². The van der Waals surface area contributed by atoms with Gasteiger partial charge in [-0.05, 0) is 37.8 Å². The molecule has 0 rings (SSSR count). The maximum absolute atomic E-state index is 11.3. The van der Waals surface area contributed by atoms with Gasteiger partial charge in [0.05, 0.1) is 5.54 Å². The number of carbonyl (C=O) groups excluding carboxylic acids is 1. The molecule has 1 amide bonds. The minimum atomic E-state index is -0.530. The van der Waals surface area contributed by atoms with E-state index >= 15 is 0 Å². The quantitative estimate of drug-likeness (QED) is 0.605. The number of hydrogen-bond acceptors (Lipinski definition) is 3. The Morgan fingerprint density at radius 2 is 2.14 bits per heavy atom. The lowest BCUT2D eigenvalue weighted by Crippen LogP contribution is -2.53. The van der Waals surface area contributed by atoms with Crippen LogP contribution < -0.4 is 11.1 Å². The van der Waals surface area contributed by atoms with Gasteiger partial charge in [-0.3, -0.25) is 4.79 Å². The van der Waals surface area contributed by atoms with Crippen molar-refractivity contribution in [2.24, 2.45) is 5.73 Å². The van der Waals surface area contributed by atoms with Gasteiger partial charge in [-0.1, -0.05) is 13.8 Å². The highest BCUT2D eigenvalue weighted by molar-refractivity contribution is 7.99. The van der Waals surface area contributed by atoms with E-state index in [0.29, 0.717) is 0 Å². The van der Waals surface area contributed by atoms with E-state index in [0.717, 1.165) is 30.9 Å². The minimum Gasteiger partial charge on any atom is -0.368 e. The van der Waals surface area contributed by atoms with Gasteiger partial charge in [-0.2, -0.15) is 11.8 Å². The van der Waals surface area contributed by atoms with Crippen LogP contribution in [0.1, 0.15) is 33.6 Å². The van der Waals surface area contributed by atoms with Crippen molar-refractivity contribution in [3.63, 3.8) is 0 Å². The van der Waals surface area contributed by atoms with E-state index in [2.05, 4.69) is 19.2 Å². The third-order valence-corrected chi connectivity index (χ3v) is 3.16. The average Bonchev–Trinajstić information content (AvgIpc) is 2.15. The molecule has 0 aliphatic rings. The van der Waals surface area contributed by atoms with Crippen LogP contribution in [-0.4, -0.2) is 29.5 Å². The van der Waals surface area contributed by atoms with Gasteiger partial charge >= 0.3 is 0 Å². The van der Waals surface area contributed by atoms with E-state index in [-0.39, 0.29) is 5.91 Å². The molecule has 0 aliphatic carbocycles. The molecule has 0 fully saturated rings. The third-order valence-electron chi connectivity index (χ3n) is 2.26. The molecular formula is C10H22N2OS. The lowest BCUT2D eigenvalue weighted by Gasteiger charge is -2.27. The molecule has 0 saturated carbocycles. The fourth-order valence-corrected chi connectivity index (χ4v) is 1.96. The molecule has 0 aromatic heterocycles. The normalized spacial score (nSPS) is 15.1. The number of amides is 1. The first-order valence-corrected chi connectivity index (χ1v) is 6.35. The first-order valence-electron chi connectivity index (χ1n) is 5.19. The number of thioether (sulfide) groups is 1. The number of carbonyl (C=O) groups is 1. The van der Waals surface area contributed by atoms with Crippen LogP contribution in [0.15, 0.2) is 0 Å². The van der Waals surface area contributed by atoms with E-state index in [4.69, 9.17) is 5.73 Å². The van der Waals surface area contributed by atoms with E-state index in [1.54, 1.807) is 0 Å². The number of primary amides is 1. The molecule has 0 aliphatic heterocycles. The summed E-state index contributed by atoms with van der Waals surface area (Å²) in [4.78, 5) is 11.3. The van der Waals surface area contributed by atoms with Crippen molar-refractivity contribution >= 4 is 17.7 Å². The highest BCUT2D eigenvalue weighted by Gasteiger charge is 2.29. The van der Waals surface area contributed by atoms with Gasteiger partial charge in [0.2, 0.25) is 5.91 Å². The summed E-state index contributed by atoms with van der Waals surface area (Å²) < 4.78 is 0. The van der Waals surface area contributed by atoms with Crippen LogP contribution in [0.4, 0.5) is 0 Å². The van der Waals surface area contributed by atoms with Crippen LogP contribution in [0, 0.1) is 0 Å². The Morgan fingerprint density at radius 1 is 1.50 bits per heavy atom. The minimum absolute atomic E-state index is 0.248. The van der Waals surface area contributed by atoms with Gasteiger partial charge in [0, 0.05) is 0 Å². The Bertz CT molecular complexity index is 176. The van der Waals surface area contributed by atoms with E-state index in [1.807, 2.05) is 18.7 Å². The predicted molar refractivity (Wildman–Crippen MR) is 63.5 cm³/mol. The SMILES string of the molecule is CCCNC(C)(CCSCC)C(N)=O. The lowest BCUT2D eigenvalue weighted by molar-refractivity contribution is -0.123. The number of hydrogen-bond donors (Lipinski definition) is 2. The first-order chi connectivity index (χ1) is 6.56. The molecule has 3 N–H and O–H groups in total. The zero-order chi connectivity index (χ0) is 11.0. The van der Waals surface area contributed by atoms with Crippen LogP contribution in [0.3, 0.4) is 0 Å². The fourth-order valence-electron chi connectivity index (χ4n) is 1.12. The van der Waals surface area contributed by atoms with Gasteiger partial charge in [0.25, 0.3) is 0 Å². The standard InChI is InChI=1S/C10H22N2OS/c1-4-7-12-10(3,9(11)13)6-8-14-5-2/h12H,4-8H2,1-3H3,(H2,11,13). The van der Waals surface area contributed by atoms with Crippen LogP contribution in [0.25, 0.3) is 0 Å². The number of nitrogens with two attached hydrogens (primary N) is 1. The van der Waals surface area contributed by atoms with Crippen molar-refractivity contribution in [1.82, 2.24) is 5.32 Å². The number of rotatable bonds is 8. The van der Waals surface area contributed by atoms with Gasteiger partial charge < -0.3 is 11.1 Å². The molecule has 0 radical (unpaired) electrons. The molecule has 14 heavy (non-hydrogen) atoms. The van der Waals surface area contributed by atoms with Gasteiger partial charge in [0.1, 0.15) is 0 Å². The Kier molecular flexibility index (Phi) is 7.01. The highest BCUT2D eigenvalue weighted by Crippen LogP contribution is 2.13. The zero-order valence-electron chi connectivity index (χ0n) is 9.43. The first kappa shape index (κ1) is 13.8. The van der Waals surface area contributed by atoms with Crippen molar-refractivity contribution in [1.29, 1.82) is 0 Å². The summed E-state index contributed by atoms with van der Waals surface area (Å²) >= 11 is 1.84. The predicted octanol–water partition coefficient (Wildman–Crippen LogP) is 1.37. The molecule has 3 nitrogen and oxygen atoms in total. The third kappa shape index (κ3) is 4.86. The maximum Gasteiger partial charge on any atom is 0.237 e. The summed E-state index contributed by atoms with van der Waals surface area (Å²) in [5.41, 5.74) is 4.85. The Labute approximate surface area is 91.2 Å². The molecule has 0 heterocycles. The van der Waals surface area contributed by atoms with Gasteiger partial charge in [-0.25, -0.2) is 0 Å². The zero-order valence-corrected chi connectivity index (χ0v) is 10.2. The topological polar surface area (TPSA) is 55.1 Å². The van der Waals surface area contributed by atoms with E-state index in [9.17, 15) is 4.79 Å². The Morgan fingerprint density at radius 3 is 2.57 bits per heavy atom. The largest absolute Gasteiger partial charge is 0.368 e. The summed E-state index contributed by atoms with van der Waals surface area (Å²) in [6.07, 6.45) is 1.82. The second kappa shape index (κ2) is 7.12. The molecule has 0 aromatic rings. The molecule has 84 valence electrons. The Hall–Kier alpha value is -0.220. The number of nitrogens with one attached hydrogen (secondary N) is 1. The molecule has 0 aromatic carbocycles. The van der Waals surface area contributed by atoms with Crippen molar-refractivity contribution in [2.45, 2.75) is 39.2 Å². The van der Waals surface area contributed by atoms with Crippen LogP contribution in [0.2, 0.25) is 0 Å². The summed E-state index contributed by atoms with van der Waals surface area (Å²) in [5, 5.41) is 3.22. The molecule has 0 saturated heterocycles. The molecule has 0 spiro atoms. The van der Waals surface area contributed by atoms with Crippen LogP contribution in [0.5, 0.6) is 0 Å². The monoisotopic (exact) mass is 218 g/mol. The smallest absolute Gasteiger partial charge is 0.237 e. The average molecular weight is 218 g/mol. The van der Waals surface area contributed by atoms with Crippen LogP contribution >= 0.6 is 11.8 Å². The summed E-state index contributed by atoms with van der Waals surface area (Å²) in [7, 11) is 0. The summed E-state index contributed by atoms with van der Waals surface area (Å²) in [6, 6.07) is 0. The molecule has 4 heteroatoms. The fraction of sp³-hybridized carbons (Fsp3) is 0.900. The van der Waals surface area contributed by atoms with Gasteiger partial charge in [-0.15, -0.1) is 0 Å². The van der Waals surface area contributed by atoms with Crippen LogP contribution in [-0.2, 0) is 4.79 Å². The second-order valence-electron chi connectivity index (χ2n) is 3.57. The molecule has 0 bridgehead atoms. The molecular weight excluding hydrogens is 196 g/mol.